The predicted octanol–water partition coefficient (Wildman–Crippen LogP) is 5.11. The summed E-state index contributed by atoms with van der Waals surface area (Å²) in [5.41, 5.74) is 4.50. The van der Waals surface area contributed by atoms with E-state index in [4.69, 9.17) is 9.72 Å². The van der Waals surface area contributed by atoms with Gasteiger partial charge >= 0.3 is 0 Å². The molecule has 3 heterocycles. The quantitative estimate of drug-likeness (QED) is 0.449. The van der Waals surface area contributed by atoms with E-state index in [1.165, 1.54) is 0 Å². The predicted molar refractivity (Wildman–Crippen MR) is 128 cm³/mol. The van der Waals surface area contributed by atoms with E-state index in [9.17, 15) is 5.11 Å². The smallest absolute Gasteiger partial charge is 0.224 e. The average Bonchev–Trinajstić information content (AvgIpc) is 3.57. The van der Waals surface area contributed by atoms with Gasteiger partial charge in [-0.3, -0.25) is 9.97 Å². The van der Waals surface area contributed by atoms with Crippen molar-refractivity contribution in [2.75, 3.05) is 6.61 Å². The Labute approximate surface area is 193 Å². The third-order valence-corrected chi connectivity index (χ3v) is 6.26. The number of rotatable bonds is 6. The number of benzene rings is 1. The van der Waals surface area contributed by atoms with Crippen molar-refractivity contribution in [1.82, 2.24) is 19.9 Å². The summed E-state index contributed by atoms with van der Waals surface area (Å²) in [6, 6.07) is 14.4. The van der Waals surface area contributed by atoms with E-state index < -0.39 is 5.60 Å². The zero-order chi connectivity index (χ0) is 23.2. The number of fused-ring (bicyclic) bond motifs is 1. The van der Waals surface area contributed by atoms with Crippen LogP contribution in [0.25, 0.3) is 22.0 Å². The highest BCUT2D eigenvalue weighted by molar-refractivity contribution is 5.78. The van der Waals surface area contributed by atoms with Crippen LogP contribution in [-0.4, -0.2) is 31.6 Å². The van der Waals surface area contributed by atoms with E-state index in [0.29, 0.717) is 35.8 Å². The molecule has 3 aromatic heterocycles. The molecule has 1 saturated carbocycles. The minimum atomic E-state index is -0.996. The third-order valence-electron chi connectivity index (χ3n) is 6.26. The zero-order valence-electron chi connectivity index (χ0n) is 19.4. The molecule has 0 radical (unpaired) electrons. The molecule has 1 aliphatic rings. The van der Waals surface area contributed by atoms with Gasteiger partial charge in [0, 0.05) is 40.9 Å². The van der Waals surface area contributed by atoms with Crippen molar-refractivity contribution in [2.45, 2.75) is 45.6 Å². The van der Waals surface area contributed by atoms with Crippen molar-refractivity contribution in [3.05, 3.63) is 77.6 Å². The molecule has 2 atom stereocenters. The highest BCUT2D eigenvalue weighted by Gasteiger charge is 2.40. The van der Waals surface area contributed by atoms with Crippen LogP contribution in [0.15, 0.2) is 54.9 Å². The largest absolute Gasteiger partial charge is 0.477 e. The number of aromatic nitrogens is 4. The number of hydrogen-bond acceptors (Lipinski definition) is 6. The van der Waals surface area contributed by atoms with Gasteiger partial charge in [-0.05, 0) is 57.9 Å². The van der Waals surface area contributed by atoms with Crippen molar-refractivity contribution in [2.24, 2.45) is 5.92 Å². The molecular formula is C27H28N4O2. The molecule has 4 aromatic rings. The fourth-order valence-electron chi connectivity index (χ4n) is 4.18. The van der Waals surface area contributed by atoms with Crippen molar-refractivity contribution in [3.8, 4) is 17.0 Å². The molecule has 0 amide bonds. The van der Waals surface area contributed by atoms with Crippen LogP contribution in [0.2, 0.25) is 0 Å². The maximum absolute atomic E-state index is 10.3. The second-order valence-corrected chi connectivity index (χ2v) is 9.42. The third kappa shape index (κ3) is 4.44. The lowest BCUT2D eigenvalue weighted by molar-refractivity contribution is 0.0738. The second kappa shape index (κ2) is 8.19. The minimum absolute atomic E-state index is 0.412. The monoisotopic (exact) mass is 440 g/mol. The minimum Gasteiger partial charge on any atom is -0.477 e. The number of para-hydroxylation sites is 1. The summed E-state index contributed by atoms with van der Waals surface area (Å²) in [7, 11) is 0. The van der Waals surface area contributed by atoms with E-state index >= 15 is 0 Å². The molecule has 168 valence electrons. The first-order chi connectivity index (χ1) is 15.8. The van der Waals surface area contributed by atoms with Crippen LogP contribution in [-0.2, 0) is 5.60 Å². The second-order valence-electron chi connectivity index (χ2n) is 9.42. The first-order valence-electron chi connectivity index (χ1n) is 11.3. The highest BCUT2D eigenvalue weighted by Crippen LogP contribution is 2.47. The van der Waals surface area contributed by atoms with Crippen LogP contribution in [0.3, 0.4) is 0 Å². The fourth-order valence-corrected chi connectivity index (χ4v) is 4.18. The van der Waals surface area contributed by atoms with Gasteiger partial charge in [0.25, 0.3) is 0 Å². The van der Waals surface area contributed by atoms with E-state index in [1.54, 1.807) is 26.2 Å². The summed E-state index contributed by atoms with van der Waals surface area (Å²) in [4.78, 5) is 18.3. The molecular weight excluding hydrogens is 412 g/mol. The summed E-state index contributed by atoms with van der Waals surface area (Å²) >= 11 is 0. The van der Waals surface area contributed by atoms with Crippen molar-refractivity contribution in [1.29, 1.82) is 0 Å². The molecule has 1 aliphatic carbocycles. The molecule has 0 saturated heterocycles. The Balaban J connectivity index is 1.34. The van der Waals surface area contributed by atoms with Crippen LogP contribution in [0.1, 0.15) is 49.0 Å². The molecule has 1 N–H and O–H groups in total. The molecule has 0 bridgehead atoms. The van der Waals surface area contributed by atoms with Crippen molar-refractivity contribution >= 4 is 10.9 Å². The summed E-state index contributed by atoms with van der Waals surface area (Å²) in [6.45, 7) is 7.90. The Bertz CT molecular complexity index is 1330. The lowest BCUT2D eigenvalue weighted by Crippen LogP contribution is -2.17. The van der Waals surface area contributed by atoms with Gasteiger partial charge < -0.3 is 9.84 Å². The molecule has 33 heavy (non-hydrogen) atoms. The van der Waals surface area contributed by atoms with Gasteiger partial charge in [0.15, 0.2) is 0 Å². The highest BCUT2D eigenvalue weighted by atomic mass is 16.5. The van der Waals surface area contributed by atoms with Crippen LogP contribution in [0.5, 0.6) is 5.88 Å². The van der Waals surface area contributed by atoms with Gasteiger partial charge in [-0.15, -0.1) is 0 Å². The average molecular weight is 441 g/mol. The number of hydrogen-bond donors (Lipinski definition) is 1. The first kappa shape index (κ1) is 21.5. The van der Waals surface area contributed by atoms with Crippen molar-refractivity contribution < 1.29 is 9.84 Å². The summed E-state index contributed by atoms with van der Waals surface area (Å²) < 4.78 is 6.23. The van der Waals surface area contributed by atoms with Crippen LogP contribution in [0, 0.1) is 19.8 Å². The fraction of sp³-hybridized carbons (Fsp3) is 0.333. The summed E-state index contributed by atoms with van der Waals surface area (Å²) in [6.07, 6.45) is 4.62. The molecule has 1 fully saturated rings. The molecule has 5 rings (SSSR count). The normalized spacial score (nSPS) is 17.8. The summed E-state index contributed by atoms with van der Waals surface area (Å²) in [5, 5.41) is 11.4. The Kier molecular flexibility index (Phi) is 5.33. The number of aliphatic hydroxyl groups is 1. The van der Waals surface area contributed by atoms with Crippen LogP contribution in [0.4, 0.5) is 0 Å². The lowest BCUT2D eigenvalue weighted by Gasteiger charge is -2.18. The number of nitrogens with zero attached hydrogens (tertiary/aromatic N) is 4. The van der Waals surface area contributed by atoms with Crippen LogP contribution >= 0.6 is 0 Å². The van der Waals surface area contributed by atoms with Gasteiger partial charge in [0.05, 0.1) is 23.4 Å². The SMILES string of the molecule is Cc1ncc(-c2cnc(C(C)(C)O)cc2C)c(OC[C@H]2C[C@@H]2c2ccc3ccccc3n2)n1. The van der Waals surface area contributed by atoms with Gasteiger partial charge in [-0.25, -0.2) is 4.98 Å². The zero-order valence-corrected chi connectivity index (χ0v) is 19.4. The maximum atomic E-state index is 10.3. The Morgan fingerprint density at radius 1 is 1.00 bits per heavy atom. The van der Waals surface area contributed by atoms with Gasteiger partial charge in [0.2, 0.25) is 5.88 Å². The van der Waals surface area contributed by atoms with E-state index in [2.05, 4.69) is 39.2 Å². The van der Waals surface area contributed by atoms with Gasteiger partial charge in [0.1, 0.15) is 11.4 Å². The van der Waals surface area contributed by atoms with Gasteiger partial charge in [-0.2, -0.15) is 4.98 Å². The van der Waals surface area contributed by atoms with Gasteiger partial charge in [-0.1, -0.05) is 24.3 Å². The standard InChI is InChI=1S/C27H28N4O2/c1-16-11-25(27(3,4)32)29-13-21(16)22-14-28-17(2)30-26(22)33-15-19-12-20(19)24-10-9-18-7-5-6-8-23(18)31-24/h5-11,13-14,19-20,32H,12,15H2,1-4H3/t19-,20+/m1/s1. The van der Waals surface area contributed by atoms with E-state index in [0.717, 1.165) is 39.7 Å². The number of aryl methyl sites for hydroxylation is 2. The molecule has 6 nitrogen and oxygen atoms in total. The summed E-state index contributed by atoms with van der Waals surface area (Å²) in [5.74, 6) is 2.06. The van der Waals surface area contributed by atoms with Crippen LogP contribution < -0.4 is 4.74 Å². The lowest BCUT2D eigenvalue weighted by atomic mass is 9.99. The van der Waals surface area contributed by atoms with E-state index in [1.807, 2.05) is 32.0 Å². The molecule has 0 unspecified atom stereocenters. The molecule has 1 aromatic carbocycles. The van der Waals surface area contributed by atoms with E-state index in [-0.39, 0.29) is 0 Å². The Morgan fingerprint density at radius 2 is 1.79 bits per heavy atom. The first-order valence-corrected chi connectivity index (χ1v) is 11.3. The molecule has 0 spiro atoms. The molecule has 6 heteroatoms. The number of pyridine rings is 2. The van der Waals surface area contributed by atoms with Crippen molar-refractivity contribution in [3.63, 3.8) is 0 Å². The number of ether oxygens (including phenoxy) is 1. The topological polar surface area (TPSA) is 81.0 Å². The molecule has 0 aliphatic heterocycles. The maximum Gasteiger partial charge on any atom is 0.224 e. The Hall–Kier alpha value is -3.38. The Morgan fingerprint density at radius 3 is 2.58 bits per heavy atom.